The molecule has 0 unspecified atom stereocenters. The second-order valence-corrected chi connectivity index (χ2v) is 11.2. The van der Waals surface area contributed by atoms with Gasteiger partial charge >= 0.3 is 0 Å². The van der Waals surface area contributed by atoms with Crippen molar-refractivity contribution in [2.24, 2.45) is 12.1 Å². The lowest BCUT2D eigenvalue weighted by atomic mass is 10.0. The molecule has 5 rings (SSSR count). The number of nitrogens with zero attached hydrogens (tertiary/aromatic N) is 5. The van der Waals surface area contributed by atoms with Crippen LogP contribution in [0.25, 0.3) is 0 Å². The van der Waals surface area contributed by atoms with Crippen molar-refractivity contribution in [2.45, 2.75) is 24.2 Å². The van der Waals surface area contributed by atoms with E-state index in [0.29, 0.717) is 34.5 Å². The second-order valence-electron chi connectivity index (χ2n) is 9.29. The molecule has 2 aromatic heterocycles. The predicted octanol–water partition coefficient (Wildman–Crippen LogP) is 4.30. The van der Waals surface area contributed by atoms with Crippen LogP contribution in [-0.2, 0) is 18.4 Å². The van der Waals surface area contributed by atoms with Gasteiger partial charge in [0.05, 0.1) is 50.3 Å². The molecule has 1 aliphatic heterocycles. The lowest BCUT2D eigenvalue weighted by Gasteiger charge is -2.22. The van der Waals surface area contributed by atoms with Crippen LogP contribution in [0.4, 0.5) is 0 Å². The number of thiophene rings is 1. The third-order valence-electron chi connectivity index (χ3n) is 6.74. The zero-order valence-corrected chi connectivity index (χ0v) is 25.2. The van der Waals surface area contributed by atoms with Crippen LogP contribution in [0.3, 0.4) is 0 Å². The molecule has 0 fully saturated rings. The number of rotatable bonds is 11. The van der Waals surface area contributed by atoms with Crippen LogP contribution in [0.2, 0.25) is 0 Å². The number of thioether (sulfide) groups is 1. The maximum absolute atomic E-state index is 13.5. The van der Waals surface area contributed by atoms with Gasteiger partial charge in [-0.1, -0.05) is 30.0 Å². The summed E-state index contributed by atoms with van der Waals surface area (Å²) in [5, 5.41) is 20.2. The molecule has 3 heterocycles. The fourth-order valence-corrected chi connectivity index (χ4v) is 5.94. The minimum Gasteiger partial charge on any atom is -0.497 e. The zero-order chi connectivity index (χ0) is 29.6. The molecule has 11 nitrogen and oxygen atoms in total. The Balaban J connectivity index is 1.24. The molecule has 13 heteroatoms. The number of hydrazone groups is 1. The van der Waals surface area contributed by atoms with Gasteiger partial charge in [-0.05, 0) is 41.3 Å². The monoisotopic (exact) mass is 606 g/mol. The summed E-state index contributed by atoms with van der Waals surface area (Å²) in [5.74, 6) is 2.00. The summed E-state index contributed by atoms with van der Waals surface area (Å²) < 4.78 is 17.6. The minimum absolute atomic E-state index is 0.121. The summed E-state index contributed by atoms with van der Waals surface area (Å²) >= 11 is 2.87. The number of carbonyl (C=O) groups is 2. The number of nitrogens with one attached hydrogen (secondary N) is 1. The molecular weight excluding hydrogens is 576 g/mol. The Hall–Kier alpha value is -4.36. The molecule has 0 aliphatic carbocycles. The molecule has 0 bridgehead atoms. The average molecular weight is 607 g/mol. The summed E-state index contributed by atoms with van der Waals surface area (Å²) in [6.45, 7) is 0.149. The van der Waals surface area contributed by atoms with Gasteiger partial charge < -0.3 is 24.1 Å². The van der Waals surface area contributed by atoms with Crippen molar-refractivity contribution in [2.75, 3.05) is 27.1 Å². The standard InChI is InChI=1S/C29H30N6O5S2/c1-34-26(16-30-28(37)19-12-21(39-3)14-22(13-19)40-4)31-32-29(34)42-17-27(36)35-24(18-7-9-20(38-2)10-8-18)15-23(33-35)25-6-5-11-41-25/h5-14,24H,15-17H2,1-4H3,(H,30,37)/t24-/m0/s1. The fourth-order valence-electron chi connectivity index (χ4n) is 4.43. The van der Waals surface area contributed by atoms with Gasteiger partial charge in [0.2, 0.25) is 0 Å². The van der Waals surface area contributed by atoms with Crippen LogP contribution < -0.4 is 19.5 Å². The van der Waals surface area contributed by atoms with Crippen molar-refractivity contribution in [1.82, 2.24) is 25.1 Å². The number of carbonyl (C=O) groups excluding carboxylic acids is 2. The van der Waals surface area contributed by atoms with Crippen molar-refractivity contribution in [3.8, 4) is 17.2 Å². The third-order valence-corrected chi connectivity index (χ3v) is 8.67. The summed E-state index contributed by atoms with van der Waals surface area (Å²) in [4.78, 5) is 27.3. The highest BCUT2D eigenvalue weighted by molar-refractivity contribution is 7.99. The Kier molecular flexibility index (Phi) is 9.08. The van der Waals surface area contributed by atoms with E-state index < -0.39 is 0 Å². The summed E-state index contributed by atoms with van der Waals surface area (Å²) in [6, 6.07) is 16.4. The summed E-state index contributed by atoms with van der Waals surface area (Å²) in [7, 11) is 6.47. The first-order valence-electron chi connectivity index (χ1n) is 13.0. The van der Waals surface area contributed by atoms with Gasteiger partial charge in [-0.3, -0.25) is 9.59 Å². The Bertz CT molecular complexity index is 1560. The maximum Gasteiger partial charge on any atom is 0.253 e. The topological polar surface area (TPSA) is 120 Å². The minimum atomic E-state index is -0.308. The molecule has 0 spiro atoms. The number of benzene rings is 2. The highest BCUT2D eigenvalue weighted by atomic mass is 32.2. The van der Waals surface area contributed by atoms with Crippen LogP contribution in [-0.4, -0.2) is 64.4 Å². The lowest BCUT2D eigenvalue weighted by molar-refractivity contribution is -0.130. The van der Waals surface area contributed by atoms with Gasteiger partial charge in [0.1, 0.15) is 17.2 Å². The fraction of sp³-hybridized carbons (Fsp3) is 0.276. The van der Waals surface area contributed by atoms with Crippen molar-refractivity contribution in [3.63, 3.8) is 0 Å². The van der Waals surface area contributed by atoms with Crippen molar-refractivity contribution >= 4 is 40.6 Å². The SMILES string of the molecule is COc1ccc([C@@H]2CC(c3cccs3)=NN2C(=O)CSc2nnc(CNC(=O)c3cc(OC)cc(OC)c3)n2C)cc1. The third kappa shape index (κ3) is 6.42. The smallest absolute Gasteiger partial charge is 0.253 e. The Labute approximate surface area is 251 Å². The molecule has 42 heavy (non-hydrogen) atoms. The molecule has 0 radical (unpaired) electrons. The normalized spacial score (nSPS) is 14.4. The quantitative estimate of drug-likeness (QED) is 0.251. The number of hydrogen-bond donors (Lipinski definition) is 1. The van der Waals surface area contributed by atoms with Gasteiger partial charge in [-0.15, -0.1) is 21.5 Å². The number of methoxy groups -OCH3 is 3. The van der Waals surface area contributed by atoms with E-state index in [-0.39, 0.29) is 30.2 Å². The highest BCUT2D eigenvalue weighted by Crippen LogP contribution is 2.35. The van der Waals surface area contributed by atoms with Crippen LogP contribution in [0.5, 0.6) is 17.2 Å². The molecule has 2 aromatic carbocycles. The predicted molar refractivity (Wildman–Crippen MR) is 160 cm³/mol. The molecular formula is C29H30N6O5S2. The summed E-state index contributed by atoms with van der Waals surface area (Å²) in [6.07, 6.45) is 0.621. The lowest BCUT2D eigenvalue weighted by Crippen LogP contribution is -2.28. The molecule has 1 N–H and O–H groups in total. The Morgan fingerprint density at radius 3 is 2.36 bits per heavy atom. The highest BCUT2D eigenvalue weighted by Gasteiger charge is 2.33. The number of hydrogen-bond acceptors (Lipinski definition) is 10. The van der Waals surface area contributed by atoms with E-state index >= 15 is 0 Å². The van der Waals surface area contributed by atoms with Gasteiger partial charge in [-0.25, -0.2) is 5.01 Å². The van der Waals surface area contributed by atoms with Crippen LogP contribution in [0, 0.1) is 0 Å². The first kappa shape index (κ1) is 29.1. The molecule has 2 amide bonds. The maximum atomic E-state index is 13.5. The van der Waals surface area contributed by atoms with Gasteiger partial charge in [-0.2, -0.15) is 5.10 Å². The number of aromatic nitrogens is 3. The molecule has 0 saturated heterocycles. The van der Waals surface area contributed by atoms with E-state index in [1.807, 2.05) is 41.8 Å². The largest absolute Gasteiger partial charge is 0.497 e. The van der Waals surface area contributed by atoms with Gasteiger partial charge in [0.15, 0.2) is 11.0 Å². The van der Waals surface area contributed by atoms with E-state index in [2.05, 4.69) is 15.5 Å². The molecule has 218 valence electrons. The van der Waals surface area contributed by atoms with E-state index in [0.717, 1.165) is 21.9 Å². The van der Waals surface area contributed by atoms with Crippen LogP contribution in [0.1, 0.15) is 39.1 Å². The molecule has 4 aromatic rings. The van der Waals surface area contributed by atoms with E-state index in [9.17, 15) is 9.59 Å². The number of amides is 2. The second kappa shape index (κ2) is 13.1. The van der Waals surface area contributed by atoms with Crippen LogP contribution >= 0.6 is 23.1 Å². The van der Waals surface area contributed by atoms with Crippen molar-refractivity contribution in [3.05, 3.63) is 81.8 Å². The first-order valence-corrected chi connectivity index (χ1v) is 14.9. The summed E-state index contributed by atoms with van der Waals surface area (Å²) in [5.41, 5.74) is 2.26. The van der Waals surface area contributed by atoms with Gasteiger partial charge in [0, 0.05) is 25.1 Å². The molecule has 1 aliphatic rings. The zero-order valence-electron chi connectivity index (χ0n) is 23.6. The molecule has 0 saturated carbocycles. The average Bonchev–Trinajstić information content (AvgIpc) is 3.79. The van der Waals surface area contributed by atoms with Crippen LogP contribution in [0.15, 0.2) is 70.2 Å². The Morgan fingerprint density at radius 2 is 1.71 bits per heavy atom. The van der Waals surface area contributed by atoms with E-state index in [1.54, 1.807) is 53.3 Å². The Morgan fingerprint density at radius 1 is 1.00 bits per heavy atom. The van der Waals surface area contributed by atoms with E-state index in [1.165, 1.54) is 26.0 Å². The van der Waals surface area contributed by atoms with Crippen molar-refractivity contribution in [1.29, 1.82) is 0 Å². The first-order chi connectivity index (χ1) is 20.4. The van der Waals surface area contributed by atoms with Gasteiger partial charge in [0.25, 0.3) is 11.8 Å². The molecule has 1 atom stereocenters. The van der Waals surface area contributed by atoms with Crippen molar-refractivity contribution < 1.29 is 23.8 Å². The number of ether oxygens (including phenoxy) is 3. The van der Waals surface area contributed by atoms with E-state index in [4.69, 9.17) is 19.3 Å².